The van der Waals surface area contributed by atoms with Crippen LogP contribution in [-0.2, 0) is 17.8 Å². The van der Waals surface area contributed by atoms with Crippen LogP contribution in [0.4, 0.5) is 5.69 Å². The number of imidazole rings is 1. The highest BCUT2D eigenvalue weighted by Crippen LogP contribution is 2.22. The van der Waals surface area contributed by atoms with Crippen molar-refractivity contribution in [2.24, 2.45) is 0 Å². The molecule has 0 saturated carbocycles. The predicted molar refractivity (Wildman–Crippen MR) is 112 cm³/mol. The largest absolute Gasteiger partial charge is 0.324 e. The predicted octanol–water partition coefficient (Wildman–Crippen LogP) is 5.03. The topological polar surface area (TPSA) is 46.9 Å². The van der Waals surface area contributed by atoms with Crippen LogP contribution in [0.2, 0.25) is 0 Å². The number of nitrogens with zero attached hydrogens (tertiary/aromatic N) is 2. The molecule has 0 saturated heterocycles. The van der Waals surface area contributed by atoms with Gasteiger partial charge in [-0.2, -0.15) is 0 Å². The first-order chi connectivity index (χ1) is 13.2. The fraction of sp³-hybridized carbons (Fsp3) is 0.0909. The Bertz CT molecular complexity index is 1090. The first kappa shape index (κ1) is 17.5. The molecule has 4 nitrogen and oxygen atoms in total. The average molecular weight is 420 g/mol. The van der Waals surface area contributed by atoms with Crippen LogP contribution in [0, 0.1) is 0 Å². The number of anilines is 1. The molecule has 0 unspecified atom stereocenters. The third-order valence-electron chi connectivity index (χ3n) is 4.39. The molecule has 0 bridgehead atoms. The molecule has 5 heteroatoms. The van der Waals surface area contributed by atoms with Crippen molar-refractivity contribution in [1.29, 1.82) is 0 Å². The molecule has 1 heterocycles. The highest BCUT2D eigenvalue weighted by Gasteiger charge is 2.14. The monoisotopic (exact) mass is 419 g/mol. The number of para-hydroxylation sites is 3. The second-order valence-electron chi connectivity index (χ2n) is 6.29. The molecule has 1 amide bonds. The van der Waals surface area contributed by atoms with Gasteiger partial charge in [-0.3, -0.25) is 4.79 Å². The number of rotatable bonds is 5. The zero-order valence-electron chi connectivity index (χ0n) is 14.6. The summed E-state index contributed by atoms with van der Waals surface area (Å²) in [5.41, 5.74) is 3.79. The van der Waals surface area contributed by atoms with Gasteiger partial charge >= 0.3 is 0 Å². The SMILES string of the molecule is O=C(Cn1c(Cc2ccccc2)nc2ccccc21)Nc1ccccc1Br. The van der Waals surface area contributed by atoms with Crippen molar-refractivity contribution in [1.82, 2.24) is 9.55 Å². The minimum Gasteiger partial charge on any atom is -0.324 e. The summed E-state index contributed by atoms with van der Waals surface area (Å²) < 4.78 is 2.85. The van der Waals surface area contributed by atoms with Gasteiger partial charge in [-0.1, -0.05) is 54.6 Å². The molecule has 0 aliphatic rings. The van der Waals surface area contributed by atoms with Gasteiger partial charge in [0.1, 0.15) is 12.4 Å². The Morgan fingerprint density at radius 2 is 1.63 bits per heavy atom. The fourth-order valence-electron chi connectivity index (χ4n) is 3.11. The second kappa shape index (κ2) is 7.76. The lowest BCUT2D eigenvalue weighted by Gasteiger charge is -2.11. The van der Waals surface area contributed by atoms with Crippen molar-refractivity contribution in [2.75, 3.05) is 5.32 Å². The van der Waals surface area contributed by atoms with Gasteiger partial charge in [0.05, 0.1) is 16.7 Å². The maximum atomic E-state index is 12.7. The zero-order valence-corrected chi connectivity index (χ0v) is 16.2. The maximum absolute atomic E-state index is 12.7. The van der Waals surface area contributed by atoms with Gasteiger partial charge in [-0.05, 0) is 45.8 Å². The third kappa shape index (κ3) is 3.93. The lowest BCUT2D eigenvalue weighted by Crippen LogP contribution is -2.20. The van der Waals surface area contributed by atoms with E-state index >= 15 is 0 Å². The van der Waals surface area contributed by atoms with Crippen molar-refractivity contribution in [3.05, 3.63) is 94.7 Å². The van der Waals surface area contributed by atoms with Gasteiger partial charge < -0.3 is 9.88 Å². The summed E-state index contributed by atoms with van der Waals surface area (Å²) in [5.74, 6) is 0.795. The minimum absolute atomic E-state index is 0.0839. The van der Waals surface area contributed by atoms with Gasteiger partial charge in [0.15, 0.2) is 0 Å². The number of halogens is 1. The molecule has 0 fully saturated rings. The second-order valence-corrected chi connectivity index (χ2v) is 7.15. The summed E-state index contributed by atoms with van der Waals surface area (Å²) in [6.07, 6.45) is 0.678. The normalized spacial score (nSPS) is 10.9. The Hall–Kier alpha value is -2.92. The summed E-state index contributed by atoms with van der Waals surface area (Å²) in [6, 6.07) is 25.7. The standard InChI is InChI=1S/C22H18BrN3O/c23-17-10-4-5-11-18(17)25-22(27)15-26-20-13-7-6-12-19(20)24-21(26)14-16-8-2-1-3-9-16/h1-13H,14-15H2,(H,25,27). The summed E-state index contributed by atoms with van der Waals surface area (Å²) in [7, 11) is 0. The van der Waals surface area contributed by atoms with Crippen LogP contribution in [0.1, 0.15) is 11.4 Å². The lowest BCUT2D eigenvalue weighted by molar-refractivity contribution is -0.116. The van der Waals surface area contributed by atoms with Crippen molar-refractivity contribution < 1.29 is 4.79 Å². The Morgan fingerprint density at radius 3 is 2.44 bits per heavy atom. The quantitative estimate of drug-likeness (QED) is 0.493. The first-order valence-electron chi connectivity index (χ1n) is 8.73. The molecule has 4 rings (SSSR count). The summed E-state index contributed by atoms with van der Waals surface area (Å²) in [4.78, 5) is 17.5. The Kier molecular flexibility index (Phi) is 5.03. The van der Waals surface area contributed by atoms with E-state index in [9.17, 15) is 4.79 Å². The highest BCUT2D eigenvalue weighted by atomic mass is 79.9. The number of aromatic nitrogens is 2. The van der Waals surface area contributed by atoms with E-state index in [1.165, 1.54) is 5.56 Å². The molecule has 0 aliphatic heterocycles. The lowest BCUT2D eigenvalue weighted by atomic mass is 10.1. The molecule has 134 valence electrons. The number of fused-ring (bicyclic) bond motifs is 1. The molecule has 0 radical (unpaired) electrons. The van der Waals surface area contributed by atoms with Crippen LogP contribution < -0.4 is 5.32 Å². The molecule has 0 atom stereocenters. The molecular formula is C22H18BrN3O. The van der Waals surface area contributed by atoms with Crippen LogP contribution in [0.25, 0.3) is 11.0 Å². The van der Waals surface area contributed by atoms with Gasteiger partial charge in [0.2, 0.25) is 5.91 Å². The van der Waals surface area contributed by atoms with E-state index in [-0.39, 0.29) is 12.5 Å². The van der Waals surface area contributed by atoms with Crippen molar-refractivity contribution in [3.63, 3.8) is 0 Å². The van der Waals surface area contributed by atoms with Gasteiger partial charge in [-0.15, -0.1) is 0 Å². The van der Waals surface area contributed by atoms with E-state index in [1.54, 1.807) is 0 Å². The highest BCUT2D eigenvalue weighted by molar-refractivity contribution is 9.10. The van der Waals surface area contributed by atoms with Crippen LogP contribution in [0.5, 0.6) is 0 Å². The maximum Gasteiger partial charge on any atom is 0.244 e. The summed E-state index contributed by atoms with van der Waals surface area (Å²) >= 11 is 3.47. The van der Waals surface area contributed by atoms with Gasteiger partial charge in [0.25, 0.3) is 0 Å². The number of benzene rings is 3. The van der Waals surface area contributed by atoms with Crippen LogP contribution in [0.3, 0.4) is 0 Å². The van der Waals surface area contributed by atoms with Crippen molar-refractivity contribution >= 4 is 38.6 Å². The number of hydrogen-bond acceptors (Lipinski definition) is 2. The average Bonchev–Trinajstić information content (AvgIpc) is 3.02. The zero-order chi connectivity index (χ0) is 18.6. The Morgan fingerprint density at radius 1 is 0.926 bits per heavy atom. The van der Waals surface area contributed by atoms with E-state index in [0.29, 0.717) is 6.42 Å². The minimum atomic E-state index is -0.0839. The van der Waals surface area contributed by atoms with Gasteiger partial charge in [-0.25, -0.2) is 4.98 Å². The van der Waals surface area contributed by atoms with E-state index in [2.05, 4.69) is 33.4 Å². The molecule has 0 spiro atoms. The van der Waals surface area contributed by atoms with Crippen LogP contribution in [0.15, 0.2) is 83.3 Å². The molecule has 1 N–H and O–H groups in total. The Balaban J connectivity index is 1.64. The van der Waals surface area contributed by atoms with E-state index < -0.39 is 0 Å². The molecule has 3 aromatic carbocycles. The Labute approximate surface area is 166 Å². The third-order valence-corrected chi connectivity index (χ3v) is 5.08. The van der Waals surface area contributed by atoms with Crippen molar-refractivity contribution in [2.45, 2.75) is 13.0 Å². The number of nitrogens with one attached hydrogen (secondary N) is 1. The number of hydrogen-bond donors (Lipinski definition) is 1. The smallest absolute Gasteiger partial charge is 0.244 e. The van der Waals surface area contributed by atoms with Crippen molar-refractivity contribution in [3.8, 4) is 0 Å². The van der Waals surface area contributed by atoms with Crippen LogP contribution in [-0.4, -0.2) is 15.5 Å². The van der Waals surface area contributed by atoms with E-state index in [0.717, 1.165) is 27.0 Å². The molecule has 0 aliphatic carbocycles. The molecule has 4 aromatic rings. The molecule has 1 aromatic heterocycles. The van der Waals surface area contributed by atoms with Gasteiger partial charge in [0, 0.05) is 10.9 Å². The molecule has 27 heavy (non-hydrogen) atoms. The van der Waals surface area contributed by atoms with E-state index in [4.69, 9.17) is 4.98 Å². The summed E-state index contributed by atoms with van der Waals surface area (Å²) in [5, 5.41) is 2.97. The fourth-order valence-corrected chi connectivity index (χ4v) is 3.50. The summed E-state index contributed by atoms with van der Waals surface area (Å²) in [6.45, 7) is 0.212. The number of amides is 1. The first-order valence-corrected chi connectivity index (χ1v) is 9.52. The van der Waals surface area contributed by atoms with E-state index in [1.807, 2.05) is 71.3 Å². The molecular weight excluding hydrogens is 402 g/mol. The number of carbonyl (C=O) groups excluding carboxylic acids is 1. The number of carbonyl (C=O) groups is 1. The van der Waals surface area contributed by atoms with Crippen LogP contribution >= 0.6 is 15.9 Å².